The molecule has 0 spiro atoms. The number of nitrogens with two attached hydrogens (primary N) is 1. The van der Waals surface area contributed by atoms with Crippen molar-refractivity contribution in [3.05, 3.63) is 0 Å². The fraction of sp³-hybridized carbons (Fsp3) is 0.944. The van der Waals surface area contributed by atoms with Crippen molar-refractivity contribution in [1.29, 1.82) is 0 Å². The van der Waals surface area contributed by atoms with Crippen LogP contribution in [0.25, 0.3) is 0 Å². The van der Waals surface area contributed by atoms with Gasteiger partial charge in [-0.1, -0.05) is 64.7 Å². The second kappa shape index (κ2) is 27.3. The van der Waals surface area contributed by atoms with Gasteiger partial charge < -0.3 is 15.9 Å². The fourth-order valence-electron chi connectivity index (χ4n) is 2.39. The Labute approximate surface area is 209 Å². The first-order valence-electron chi connectivity index (χ1n) is 9.43. The van der Waals surface area contributed by atoms with Gasteiger partial charge >= 0.3 is 5.97 Å². The van der Waals surface area contributed by atoms with Gasteiger partial charge in [0.25, 0.3) is 0 Å². The molecule has 0 bridgehead atoms. The van der Waals surface area contributed by atoms with Crippen LogP contribution in [0.3, 0.4) is 0 Å². The third-order valence-corrected chi connectivity index (χ3v) is 4.02. The van der Waals surface area contributed by atoms with Gasteiger partial charge in [-0.05, 0) is 26.8 Å². The third-order valence-electron chi connectivity index (χ3n) is 4.02. The Kier molecular flexibility index (Phi) is 39.2. The number of hydroxylamine groups is 1. The number of hydrogen-bond donors (Lipinski definition) is 3. The highest BCUT2D eigenvalue weighted by Gasteiger charge is 2.28. The Morgan fingerprint density at radius 1 is 0.815 bits per heavy atom. The maximum atomic E-state index is 11.9. The molecule has 0 aliphatic rings. The van der Waals surface area contributed by atoms with E-state index < -0.39 is 5.54 Å². The van der Waals surface area contributed by atoms with Gasteiger partial charge in [0.2, 0.25) is 0 Å². The predicted octanol–water partition coefficient (Wildman–Crippen LogP) is 5.59. The molecule has 0 fully saturated rings. The highest BCUT2D eigenvalue weighted by Crippen LogP contribution is 2.11. The minimum Gasteiger partial charge on any atom is -0.369 e. The zero-order valence-electron chi connectivity index (χ0n) is 17.2. The van der Waals surface area contributed by atoms with Gasteiger partial charge in [-0.15, -0.1) is 67.9 Å². The van der Waals surface area contributed by atoms with E-state index in [1.165, 1.54) is 57.8 Å². The molecule has 9 heteroatoms. The van der Waals surface area contributed by atoms with Crippen LogP contribution in [-0.2, 0) is 9.63 Å². The summed E-state index contributed by atoms with van der Waals surface area (Å²) < 4.78 is 0. The summed E-state index contributed by atoms with van der Waals surface area (Å²) in [5.74, 6) is -0.293. The molecule has 0 amide bonds. The van der Waals surface area contributed by atoms with Crippen LogP contribution in [0.4, 0.5) is 0 Å². The first-order chi connectivity index (χ1) is 11.0. The van der Waals surface area contributed by atoms with E-state index in [1.54, 1.807) is 0 Å². The van der Waals surface area contributed by atoms with Crippen LogP contribution in [0.15, 0.2) is 0 Å². The van der Waals surface area contributed by atoms with Crippen molar-refractivity contribution in [1.82, 2.24) is 10.8 Å². The zero-order valence-corrected chi connectivity index (χ0v) is 24.1. The monoisotopic (exact) mass is 649 g/mol. The average molecular weight is 653 g/mol. The Morgan fingerprint density at radius 3 is 1.70 bits per heavy atom. The largest absolute Gasteiger partial charge is 0.369 e. The molecule has 0 aliphatic carbocycles. The van der Waals surface area contributed by atoms with Crippen molar-refractivity contribution in [3.63, 3.8) is 0 Å². The van der Waals surface area contributed by atoms with Gasteiger partial charge in [0.1, 0.15) is 5.54 Å². The summed E-state index contributed by atoms with van der Waals surface area (Å²) in [6.45, 7) is 7.70. The number of carbonyl (C=O) groups excluding carboxylic acids is 1. The third kappa shape index (κ3) is 25.2. The van der Waals surface area contributed by atoms with Crippen molar-refractivity contribution >= 4 is 73.9 Å². The fourth-order valence-corrected chi connectivity index (χ4v) is 2.39. The molecule has 0 saturated heterocycles. The number of rotatable bonds is 16. The van der Waals surface area contributed by atoms with Crippen molar-refractivity contribution in [2.75, 3.05) is 19.6 Å². The average Bonchev–Trinajstić information content (AvgIpc) is 2.52. The van der Waals surface area contributed by atoms with Crippen molar-refractivity contribution in [2.24, 2.45) is 5.73 Å². The van der Waals surface area contributed by atoms with Gasteiger partial charge in [0.05, 0.1) is 0 Å². The first-order valence-corrected chi connectivity index (χ1v) is 9.43. The zero-order chi connectivity index (χ0) is 17.4. The van der Waals surface area contributed by atoms with E-state index in [1.807, 2.05) is 13.8 Å². The number of hydrogen-bond acceptors (Lipinski definition) is 5. The molecule has 0 saturated carbocycles. The van der Waals surface area contributed by atoms with Crippen molar-refractivity contribution < 1.29 is 9.63 Å². The SMILES string of the molecule is Br.Br.Br.Br.CCCCCCCCCCCCNC(C)(C)C(=O)ONCCN. The van der Waals surface area contributed by atoms with Crippen molar-refractivity contribution in [3.8, 4) is 0 Å². The molecule has 0 rings (SSSR count). The normalized spacial score (nSPS) is 9.93. The standard InChI is InChI=1S/C18H39N3O2.4BrH/c1-4-5-6-7-8-9-10-11-12-13-15-20-18(2,3)17(22)23-21-16-14-19;;;;/h20-21H,4-16,19H2,1-3H3;4*1H. The molecule has 0 heterocycles. The van der Waals surface area contributed by atoms with E-state index >= 15 is 0 Å². The van der Waals surface area contributed by atoms with Crippen LogP contribution < -0.4 is 16.5 Å². The Balaban J connectivity index is -0.000000403. The summed E-state index contributed by atoms with van der Waals surface area (Å²) in [7, 11) is 0. The summed E-state index contributed by atoms with van der Waals surface area (Å²) in [6.07, 6.45) is 13.2. The summed E-state index contributed by atoms with van der Waals surface area (Å²) in [5.41, 5.74) is 7.24. The highest BCUT2D eigenvalue weighted by molar-refractivity contribution is 8.93. The molecule has 0 atom stereocenters. The van der Waals surface area contributed by atoms with Gasteiger partial charge in [0.15, 0.2) is 0 Å². The lowest BCUT2D eigenvalue weighted by molar-refractivity contribution is -0.157. The molecule has 0 aromatic carbocycles. The van der Waals surface area contributed by atoms with Crippen LogP contribution >= 0.6 is 67.9 Å². The number of nitrogens with one attached hydrogen (secondary N) is 2. The molecule has 0 radical (unpaired) electrons. The quantitative estimate of drug-likeness (QED) is 0.150. The van der Waals surface area contributed by atoms with E-state index in [0.717, 1.165) is 13.0 Å². The van der Waals surface area contributed by atoms with E-state index in [2.05, 4.69) is 17.7 Å². The van der Waals surface area contributed by atoms with E-state index in [4.69, 9.17) is 10.6 Å². The molecule has 0 aromatic rings. The predicted molar refractivity (Wildman–Crippen MR) is 138 cm³/mol. The van der Waals surface area contributed by atoms with Gasteiger partial charge in [-0.2, -0.15) is 5.48 Å². The van der Waals surface area contributed by atoms with Gasteiger partial charge in [-0.3, -0.25) is 0 Å². The van der Waals surface area contributed by atoms with Crippen LogP contribution in [0.1, 0.15) is 85.0 Å². The number of halogens is 4. The molecular formula is C18H43Br4N3O2. The summed E-state index contributed by atoms with van der Waals surface area (Å²) in [4.78, 5) is 16.8. The van der Waals surface area contributed by atoms with Crippen molar-refractivity contribution in [2.45, 2.75) is 90.5 Å². The summed E-state index contributed by atoms with van der Waals surface area (Å²) >= 11 is 0. The smallest absolute Gasteiger partial charge is 0.344 e. The number of carbonyl (C=O) groups is 1. The maximum Gasteiger partial charge on any atom is 0.344 e. The minimum absolute atomic E-state index is 0. The summed E-state index contributed by atoms with van der Waals surface area (Å²) in [5, 5.41) is 3.27. The van der Waals surface area contributed by atoms with E-state index in [0.29, 0.717) is 13.1 Å². The van der Waals surface area contributed by atoms with Crippen LogP contribution in [0, 0.1) is 0 Å². The molecule has 27 heavy (non-hydrogen) atoms. The Morgan fingerprint density at radius 2 is 1.26 bits per heavy atom. The van der Waals surface area contributed by atoms with Gasteiger partial charge in [0, 0.05) is 13.1 Å². The molecule has 5 nitrogen and oxygen atoms in total. The lowest BCUT2D eigenvalue weighted by Gasteiger charge is -2.23. The van der Waals surface area contributed by atoms with Gasteiger partial charge in [-0.25, -0.2) is 4.79 Å². The molecule has 0 aromatic heterocycles. The second-order valence-electron chi connectivity index (χ2n) is 6.81. The Hall–Kier alpha value is 1.27. The molecule has 4 N–H and O–H groups in total. The second-order valence-corrected chi connectivity index (χ2v) is 6.81. The van der Waals surface area contributed by atoms with Crippen LogP contribution in [0.2, 0.25) is 0 Å². The van der Waals surface area contributed by atoms with E-state index in [9.17, 15) is 4.79 Å². The minimum atomic E-state index is -0.666. The maximum absolute atomic E-state index is 11.9. The lowest BCUT2D eigenvalue weighted by Crippen LogP contribution is -2.49. The summed E-state index contributed by atoms with van der Waals surface area (Å²) in [6, 6.07) is 0. The Bertz CT molecular complexity index is 300. The van der Waals surface area contributed by atoms with Crippen LogP contribution in [0.5, 0.6) is 0 Å². The van der Waals surface area contributed by atoms with Crippen LogP contribution in [-0.4, -0.2) is 31.1 Å². The lowest BCUT2D eigenvalue weighted by atomic mass is 10.0. The highest BCUT2D eigenvalue weighted by atomic mass is 79.9. The molecule has 0 unspecified atom stereocenters. The first kappa shape index (κ1) is 38.8. The molecule has 0 aliphatic heterocycles. The topological polar surface area (TPSA) is 76.4 Å². The molecular weight excluding hydrogens is 610 g/mol. The van der Waals surface area contributed by atoms with E-state index in [-0.39, 0.29) is 73.9 Å². The molecule has 170 valence electrons. The number of unbranched alkanes of at least 4 members (excludes halogenated alkanes) is 9.